The molecule has 1 amide bonds. The van der Waals surface area contributed by atoms with Crippen LogP contribution < -0.4 is 10.9 Å². The molecule has 1 aromatic carbocycles. The number of nitrogens with one attached hydrogen (secondary N) is 1. The maximum Gasteiger partial charge on any atom is 0.285 e. The fourth-order valence-corrected chi connectivity index (χ4v) is 2.80. The number of hydrogen-bond acceptors (Lipinski definition) is 5. The first kappa shape index (κ1) is 19.0. The number of carbonyl (C=O) groups excluding carboxylic acids is 1. The SMILES string of the molecule is Cc1ccc(-n2nc(C)cc2NC(=O)Cn2nc(C)c(C)c(C#N)c2=O)cc1. The van der Waals surface area contributed by atoms with Gasteiger partial charge in [-0.1, -0.05) is 17.7 Å². The molecule has 0 aliphatic rings. The van der Waals surface area contributed by atoms with E-state index in [0.717, 1.165) is 21.6 Å². The number of aromatic nitrogens is 4. The lowest BCUT2D eigenvalue weighted by Gasteiger charge is -2.11. The Bertz CT molecular complexity index is 1150. The van der Waals surface area contributed by atoms with E-state index >= 15 is 0 Å². The number of nitriles is 1. The van der Waals surface area contributed by atoms with Crippen LogP contribution in [0.25, 0.3) is 5.69 Å². The minimum Gasteiger partial charge on any atom is -0.309 e. The number of aryl methyl sites for hydroxylation is 3. The third kappa shape index (κ3) is 3.69. The molecule has 0 spiro atoms. The summed E-state index contributed by atoms with van der Waals surface area (Å²) in [4.78, 5) is 24.9. The van der Waals surface area contributed by atoms with Gasteiger partial charge in [0.15, 0.2) is 0 Å². The van der Waals surface area contributed by atoms with Crippen molar-refractivity contribution in [3.8, 4) is 11.8 Å². The van der Waals surface area contributed by atoms with Crippen LogP contribution in [0, 0.1) is 39.0 Å². The van der Waals surface area contributed by atoms with Gasteiger partial charge in [-0.15, -0.1) is 0 Å². The van der Waals surface area contributed by atoms with Gasteiger partial charge in [0.25, 0.3) is 5.56 Å². The highest BCUT2D eigenvalue weighted by atomic mass is 16.2. The number of amides is 1. The Morgan fingerprint density at radius 3 is 2.46 bits per heavy atom. The van der Waals surface area contributed by atoms with Crippen LogP contribution in [-0.4, -0.2) is 25.5 Å². The van der Waals surface area contributed by atoms with Crippen molar-refractivity contribution in [2.24, 2.45) is 0 Å². The molecule has 0 bridgehead atoms. The lowest BCUT2D eigenvalue weighted by molar-refractivity contribution is -0.117. The van der Waals surface area contributed by atoms with Gasteiger partial charge in [0.2, 0.25) is 5.91 Å². The lowest BCUT2D eigenvalue weighted by atomic mass is 10.1. The molecule has 0 fully saturated rings. The van der Waals surface area contributed by atoms with Crippen molar-refractivity contribution in [2.75, 3.05) is 5.32 Å². The zero-order valence-corrected chi connectivity index (χ0v) is 16.1. The highest BCUT2D eigenvalue weighted by molar-refractivity contribution is 5.90. The average molecular weight is 376 g/mol. The van der Waals surface area contributed by atoms with Crippen LogP contribution >= 0.6 is 0 Å². The van der Waals surface area contributed by atoms with Gasteiger partial charge in [-0.05, 0) is 45.4 Å². The van der Waals surface area contributed by atoms with E-state index in [9.17, 15) is 14.9 Å². The van der Waals surface area contributed by atoms with Crippen LogP contribution in [0.1, 0.15) is 28.1 Å². The number of nitrogens with zero attached hydrogens (tertiary/aromatic N) is 5. The molecule has 0 aliphatic carbocycles. The van der Waals surface area contributed by atoms with Crippen molar-refractivity contribution < 1.29 is 4.79 Å². The van der Waals surface area contributed by atoms with Gasteiger partial charge in [0, 0.05) is 6.07 Å². The lowest BCUT2D eigenvalue weighted by Crippen LogP contribution is -2.32. The molecule has 1 N–H and O–H groups in total. The Morgan fingerprint density at radius 2 is 1.82 bits per heavy atom. The Hall–Kier alpha value is -3.73. The molecule has 0 atom stereocenters. The van der Waals surface area contributed by atoms with Crippen LogP contribution in [-0.2, 0) is 11.3 Å². The zero-order chi connectivity index (χ0) is 20.4. The minimum absolute atomic E-state index is 0.000779. The number of anilines is 1. The van der Waals surface area contributed by atoms with Crippen molar-refractivity contribution in [1.29, 1.82) is 5.26 Å². The van der Waals surface area contributed by atoms with Crippen molar-refractivity contribution >= 4 is 11.7 Å². The molecule has 2 aromatic heterocycles. The van der Waals surface area contributed by atoms with E-state index in [2.05, 4.69) is 15.5 Å². The van der Waals surface area contributed by atoms with Crippen LogP contribution in [0.3, 0.4) is 0 Å². The Kier molecular flexibility index (Phi) is 5.09. The summed E-state index contributed by atoms with van der Waals surface area (Å²) in [6.07, 6.45) is 0. The van der Waals surface area contributed by atoms with Gasteiger partial charge >= 0.3 is 0 Å². The molecular weight excluding hydrogens is 356 g/mol. The Morgan fingerprint density at radius 1 is 1.14 bits per heavy atom. The van der Waals surface area contributed by atoms with Gasteiger partial charge in [0.1, 0.15) is 24.0 Å². The van der Waals surface area contributed by atoms with E-state index in [0.29, 0.717) is 17.1 Å². The first-order valence-corrected chi connectivity index (χ1v) is 8.72. The monoisotopic (exact) mass is 376 g/mol. The normalized spacial score (nSPS) is 10.5. The van der Waals surface area contributed by atoms with Gasteiger partial charge in [-0.3, -0.25) is 9.59 Å². The number of hydrogen-bond donors (Lipinski definition) is 1. The predicted molar refractivity (Wildman–Crippen MR) is 104 cm³/mol. The molecule has 8 nitrogen and oxygen atoms in total. The first-order chi connectivity index (χ1) is 13.3. The zero-order valence-electron chi connectivity index (χ0n) is 16.1. The summed E-state index contributed by atoms with van der Waals surface area (Å²) >= 11 is 0. The summed E-state index contributed by atoms with van der Waals surface area (Å²) in [5.74, 6) is 0.0544. The number of carbonyl (C=O) groups is 1. The second-order valence-electron chi connectivity index (χ2n) is 6.63. The van der Waals surface area contributed by atoms with E-state index < -0.39 is 11.5 Å². The van der Waals surface area contributed by atoms with Crippen molar-refractivity contribution in [1.82, 2.24) is 19.6 Å². The summed E-state index contributed by atoms with van der Waals surface area (Å²) in [6.45, 7) is 6.88. The Labute approximate surface area is 162 Å². The van der Waals surface area contributed by atoms with E-state index in [-0.39, 0.29) is 12.1 Å². The van der Waals surface area contributed by atoms with Crippen molar-refractivity contribution in [3.05, 3.63) is 68.8 Å². The highest BCUT2D eigenvalue weighted by Crippen LogP contribution is 2.17. The van der Waals surface area contributed by atoms with Crippen molar-refractivity contribution in [3.63, 3.8) is 0 Å². The number of benzene rings is 1. The molecule has 0 aliphatic heterocycles. The average Bonchev–Trinajstić information content (AvgIpc) is 3.01. The van der Waals surface area contributed by atoms with Crippen LogP contribution in [0.2, 0.25) is 0 Å². The molecule has 0 radical (unpaired) electrons. The maximum absolute atomic E-state index is 12.5. The maximum atomic E-state index is 12.5. The van der Waals surface area contributed by atoms with Gasteiger partial charge in [0.05, 0.1) is 17.1 Å². The summed E-state index contributed by atoms with van der Waals surface area (Å²) < 4.78 is 2.64. The molecule has 8 heteroatoms. The molecule has 28 heavy (non-hydrogen) atoms. The quantitative estimate of drug-likeness (QED) is 0.751. The smallest absolute Gasteiger partial charge is 0.285 e. The largest absolute Gasteiger partial charge is 0.309 e. The fourth-order valence-electron chi connectivity index (χ4n) is 2.80. The van der Waals surface area contributed by atoms with Crippen molar-refractivity contribution in [2.45, 2.75) is 34.2 Å². The van der Waals surface area contributed by atoms with E-state index in [4.69, 9.17) is 0 Å². The minimum atomic E-state index is -0.580. The molecule has 2 heterocycles. The molecule has 3 rings (SSSR count). The highest BCUT2D eigenvalue weighted by Gasteiger charge is 2.16. The van der Waals surface area contributed by atoms with E-state index in [1.807, 2.05) is 44.2 Å². The van der Waals surface area contributed by atoms with Gasteiger partial charge < -0.3 is 5.32 Å². The molecule has 0 saturated heterocycles. The predicted octanol–water partition coefficient (Wildman–Crippen LogP) is 2.17. The molecule has 0 unspecified atom stereocenters. The first-order valence-electron chi connectivity index (χ1n) is 8.72. The number of rotatable bonds is 4. The fraction of sp³-hybridized carbons (Fsp3) is 0.250. The third-order valence-electron chi connectivity index (χ3n) is 4.42. The standard InChI is InChI=1S/C20H20N6O2/c1-12-5-7-16(8-6-12)26-18(9-13(2)23-26)22-19(27)11-25-20(28)17(10-21)14(3)15(4)24-25/h5-9H,11H2,1-4H3,(H,22,27). The molecule has 0 saturated carbocycles. The topological polar surface area (TPSA) is 106 Å². The van der Waals surface area contributed by atoms with Crippen LogP contribution in [0.5, 0.6) is 0 Å². The summed E-state index contributed by atoms with van der Waals surface area (Å²) in [6, 6.07) is 11.4. The summed E-state index contributed by atoms with van der Waals surface area (Å²) in [5, 5.41) is 20.5. The van der Waals surface area contributed by atoms with Crippen LogP contribution in [0.15, 0.2) is 35.1 Å². The second-order valence-corrected chi connectivity index (χ2v) is 6.63. The van der Waals surface area contributed by atoms with Gasteiger partial charge in [-0.25, -0.2) is 9.36 Å². The van der Waals surface area contributed by atoms with Crippen LogP contribution in [0.4, 0.5) is 5.82 Å². The molecule has 142 valence electrons. The van der Waals surface area contributed by atoms with E-state index in [1.54, 1.807) is 24.6 Å². The van der Waals surface area contributed by atoms with Gasteiger partial charge in [-0.2, -0.15) is 15.5 Å². The summed E-state index contributed by atoms with van der Waals surface area (Å²) in [7, 11) is 0. The third-order valence-corrected chi connectivity index (χ3v) is 4.42. The molecular formula is C20H20N6O2. The Balaban J connectivity index is 1.88. The van der Waals surface area contributed by atoms with E-state index in [1.165, 1.54) is 0 Å². The molecule has 3 aromatic rings. The second kappa shape index (κ2) is 7.48. The summed E-state index contributed by atoms with van der Waals surface area (Å²) in [5.41, 5.74) is 3.14.